The Morgan fingerprint density at radius 2 is 1.25 bits per heavy atom. The zero-order valence-corrected chi connectivity index (χ0v) is 20.5. The van der Waals surface area contributed by atoms with E-state index in [0.717, 1.165) is 33.6 Å². The normalized spacial score (nSPS) is 12.0. The fourth-order valence-corrected chi connectivity index (χ4v) is 3.32. The molecule has 0 fully saturated rings. The van der Waals surface area contributed by atoms with Gasteiger partial charge in [-0.25, -0.2) is 4.98 Å². The fourth-order valence-electron chi connectivity index (χ4n) is 3.32. The second kappa shape index (κ2) is 13.0. The van der Waals surface area contributed by atoms with Crippen LogP contribution in [0.2, 0.25) is 0 Å². The van der Waals surface area contributed by atoms with Gasteiger partial charge in [-0.05, 0) is 37.1 Å². The van der Waals surface area contributed by atoms with Gasteiger partial charge in [-0.15, -0.1) is 35.9 Å². The number of hydrogen-bond acceptors (Lipinski definition) is 4. The molecule has 0 aliphatic rings. The molecule has 4 rings (SSSR count). The molecular formula is C27H27IrN2O2-. The quantitative estimate of drug-likeness (QED) is 0.300. The summed E-state index contributed by atoms with van der Waals surface area (Å²) in [5.74, 6) is 0. The zero-order valence-electron chi connectivity index (χ0n) is 18.1. The Kier molecular flexibility index (Phi) is 10.4. The van der Waals surface area contributed by atoms with Gasteiger partial charge in [0.15, 0.2) is 0 Å². The minimum absolute atomic E-state index is 0. The predicted molar refractivity (Wildman–Crippen MR) is 125 cm³/mol. The summed E-state index contributed by atoms with van der Waals surface area (Å²) in [5, 5.41) is 17.1. The molecule has 2 atom stereocenters. The van der Waals surface area contributed by atoms with Gasteiger partial charge in [-0.2, -0.15) is 0 Å². The molecule has 3 aromatic carbocycles. The summed E-state index contributed by atoms with van der Waals surface area (Å²) in [5.41, 5.74) is 6.02. The van der Waals surface area contributed by atoms with Gasteiger partial charge in [0.2, 0.25) is 0 Å². The van der Waals surface area contributed by atoms with Crippen molar-refractivity contribution in [2.75, 3.05) is 0 Å². The first-order valence-electron chi connectivity index (χ1n) is 10.3. The number of benzene rings is 3. The summed E-state index contributed by atoms with van der Waals surface area (Å²) in [4.78, 5) is 9.16. The Morgan fingerprint density at radius 1 is 0.719 bits per heavy atom. The number of hydrogen-bond donors (Lipinski definition) is 2. The van der Waals surface area contributed by atoms with E-state index in [1.54, 1.807) is 20.2 Å². The molecule has 1 aromatic heterocycles. The smallest absolute Gasteiger partial charge is 0.106 e. The minimum Gasteiger partial charge on any atom is -0.393 e. The number of aliphatic hydroxyl groups excluding tert-OH is 2. The molecular weight excluding hydrogens is 577 g/mol. The molecule has 0 amide bonds. The topological polar surface area (TPSA) is 66.2 Å². The summed E-state index contributed by atoms with van der Waals surface area (Å²) >= 11 is 0. The first-order valence-corrected chi connectivity index (χ1v) is 10.3. The molecule has 2 unspecified atom stereocenters. The Balaban J connectivity index is 0.000000398. The molecule has 1 radical (unpaired) electrons. The summed E-state index contributed by atoms with van der Waals surface area (Å²) in [6.07, 6.45) is 1.35. The van der Waals surface area contributed by atoms with Crippen molar-refractivity contribution >= 4 is 0 Å². The van der Waals surface area contributed by atoms with E-state index in [1.165, 1.54) is 0 Å². The van der Waals surface area contributed by atoms with Crippen LogP contribution in [0.1, 0.15) is 20.3 Å². The SMILES string of the molecule is CC(O)CC(C)O.[Ir].[c-]1ccccc1-c1ncnc(-c2ccccc2)c1-c1ccccc1. The largest absolute Gasteiger partial charge is 0.393 e. The Bertz CT molecular complexity index is 993. The third-order valence-electron chi connectivity index (χ3n) is 4.60. The van der Waals surface area contributed by atoms with Crippen LogP contribution in [0.5, 0.6) is 0 Å². The van der Waals surface area contributed by atoms with Crippen LogP contribution >= 0.6 is 0 Å². The van der Waals surface area contributed by atoms with Gasteiger partial charge in [0.25, 0.3) is 0 Å². The van der Waals surface area contributed by atoms with Gasteiger partial charge in [0, 0.05) is 25.7 Å². The second-order valence-electron chi connectivity index (χ2n) is 7.39. The third kappa shape index (κ3) is 7.18. The molecule has 0 spiro atoms. The molecule has 4 nitrogen and oxygen atoms in total. The summed E-state index contributed by atoms with van der Waals surface area (Å²) in [7, 11) is 0. The van der Waals surface area contributed by atoms with E-state index in [9.17, 15) is 0 Å². The van der Waals surface area contributed by atoms with Gasteiger partial charge in [-0.3, -0.25) is 4.98 Å². The van der Waals surface area contributed by atoms with E-state index in [1.807, 2.05) is 60.7 Å². The zero-order chi connectivity index (χ0) is 22.1. The van der Waals surface area contributed by atoms with Crippen molar-refractivity contribution in [2.45, 2.75) is 32.5 Å². The monoisotopic (exact) mass is 604 g/mol. The number of aliphatic hydroxyl groups is 2. The molecule has 0 aliphatic carbocycles. The Morgan fingerprint density at radius 3 is 1.75 bits per heavy atom. The number of nitrogens with zero attached hydrogens (tertiary/aromatic N) is 2. The average molecular weight is 604 g/mol. The minimum atomic E-state index is -0.375. The van der Waals surface area contributed by atoms with Crippen molar-refractivity contribution in [2.24, 2.45) is 0 Å². The van der Waals surface area contributed by atoms with E-state index in [-0.39, 0.29) is 32.3 Å². The Labute approximate surface area is 203 Å². The van der Waals surface area contributed by atoms with E-state index in [0.29, 0.717) is 6.42 Å². The van der Waals surface area contributed by atoms with E-state index < -0.39 is 0 Å². The maximum absolute atomic E-state index is 8.56. The molecule has 5 heteroatoms. The maximum Gasteiger partial charge on any atom is 0.106 e. The van der Waals surface area contributed by atoms with Crippen LogP contribution in [0.15, 0.2) is 91.3 Å². The first-order chi connectivity index (χ1) is 15.1. The van der Waals surface area contributed by atoms with Crippen LogP contribution in [0.3, 0.4) is 0 Å². The van der Waals surface area contributed by atoms with Gasteiger partial charge < -0.3 is 10.2 Å². The van der Waals surface area contributed by atoms with Crippen LogP contribution in [-0.2, 0) is 20.1 Å². The molecule has 2 N–H and O–H groups in total. The average Bonchev–Trinajstić information content (AvgIpc) is 2.80. The fraction of sp³-hybridized carbons (Fsp3) is 0.185. The molecule has 4 aromatic rings. The molecule has 0 saturated carbocycles. The first kappa shape index (κ1) is 25.6. The van der Waals surface area contributed by atoms with E-state index in [4.69, 9.17) is 10.2 Å². The second-order valence-corrected chi connectivity index (χ2v) is 7.39. The van der Waals surface area contributed by atoms with Crippen molar-refractivity contribution in [1.29, 1.82) is 0 Å². The Hall–Kier alpha value is -2.69. The van der Waals surface area contributed by atoms with Crippen LogP contribution in [-0.4, -0.2) is 32.4 Å². The van der Waals surface area contributed by atoms with Gasteiger partial charge in [0.05, 0.1) is 17.9 Å². The van der Waals surface area contributed by atoms with Crippen LogP contribution in [0, 0.1) is 6.07 Å². The van der Waals surface area contributed by atoms with Crippen molar-refractivity contribution < 1.29 is 30.3 Å². The third-order valence-corrected chi connectivity index (χ3v) is 4.60. The molecule has 1 heterocycles. The standard InChI is InChI=1S/C22H15N2.C5H12O2.Ir/c1-4-10-17(11-5-1)20-21(18-12-6-2-7-13-18)23-16-24-22(20)19-14-8-3-9-15-19;1-4(6)3-5(2)7;/h1-14,16H;4-7H,3H2,1-2H3;/q-1;;. The van der Waals surface area contributed by atoms with E-state index in [2.05, 4.69) is 40.3 Å². The van der Waals surface area contributed by atoms with Crippen LogP contribution < -0.4 is 0 Å². The summed E-state index contributed by atoms with van der Waals surface area (Å²) < 4.78 is 0. The van der Waals surface area contributed by atoms with E-state index >= 15 is 0 Å². The van der Waals surface area contributed by atoms with Crippen molar-refractivity contribution in [3.05, 3.63) is 97.3 Å². The predicted octanol–water partition coefficient (Wildman–Crippen LogP) is 5.41. The van der Waals surface area contributed by atoms with Crippen LogP contribution in [0.25, 0.3) is 33.6 Å². The van der Waals surface area contributed by atoms with Gasteiger partial charge >= 0.3 is 0 Å². The number of aromatic nitrogens is 2. The molecule has 0 bridgehead atoms. The maximum atomic E-state index is 8.56. The molecule has 167 valence electrons. The van der Waals surface area contributed by atoms with Crippen molar-refractivity contribution in [3.63, 3.8) is 0 Å². The number of rotatable bonds is 5. The van der Waals surface area contributed by atoms with Gasteiger partial charge in [0.1, 0.15) is 6.33 Å². The van der Waals surface area contributed by atoms with Crippen LogP contribution in [0.4, 0.5) is 0 Å². The van der Waals surface area contributed by atoms with Crippen molar-refractivity contribution in [3.8, 4) is 33.6 Å². The summed E-state index contributed by atoms with van der Waals surface area (Å²) in [6, 6.07) is 31.7. The molecule has 32 heavy (non-hydrogen) atoms. The van der Waals surface area contributed by atoms with Crippen molar-refractivity contribution in [1.82, 2.24) is 9.97 Å². The summed E-state index contributed by atoms with van der Waals surface area (Å²) in [6.45, 7) is 3.32. The van der Waals surface area contributed by atoms with Gasteiger partial charge in [-0.1, -0.05) is 60.7 Å². The molecule has 0 aliphatic heterocycles. The molecule has 0 saturated heterocycles.